The summed E-state index contributed by atoms with van der Waals surface area (Å²) >= 11 is 7.47. The number of thiazole rings is 1. The number of ether oxygens (including phenoxy) is 1. The third-order valence-electron chi connectivity index (χ3n) is 3.68. The fourth-order valence-corrected chi connectivity index (χ4v) is 3.88. The summed E-state index contributed by atoms with van der Waals surface area (Å²) in [5.41, 5.74) is 1.55. The fraction of sp³-hybridized carbons (Fsp3) is 0.263. The number of halogens is 1. The SMILES string of the molecule is CCCn1c(=NC(=O)c2cccc(Cl)c2)sc2cc(OCC)ccc21. The quantitative estimate of drug-likeness (QED) is 0.637. The third kappa shape index (κ3) is 3.94. The van der Waals surface area contributed by atoms with E-state index in [9.17, 15) is 4.79 Å². The monoisotopic (exact) mass is 374 g/mol. The van der Waals surface area contributed by atoms with Gasteiger partial charge < -0.3 is 9.30 Å². The van der Waals surface area contributed by atoms with Crippen LogP contribution >= 0.6 is 22.9 Å². The Morgan fingerprint density at radius 3 is 2.80 bits per heavy atom. The van der Waals surface area contributed by atoms with E-state index in [0.717, 1.165) is 28.9 Å². The highest BCUT2D eigenvalue weighted by Crippen LogP contribution is 2.24. The Balaban J connectivity index is 2.10. The van der Waals surface area contributed by atoms with Crippen LogP contribution in [0, 0.1) is 0 Å². The average Bonchev–Trinajstić information content (AvgIpc) is 2.92. The van der Waals surface area contributed by atoms with Gasteiger partial charge in [-0.15, -0.1) is 0 Å². The molecule has 0 bridgehead atoms. The number of nitrogens with zero attached hydrogens (tertiary/aromatic N) is 2. The molecule has 0 spiro atoms. The van der Waals surface area contributed by atoms with Crippen LogP contribution in [0.25, 0.3) is 10.2 Å². The molecule has 0 saturated heterocycles. The normalized spacial score (nSPS) is 11.9. The molecule has 1 heterocycles. The van der Waals surface area contributed by atoms with Crippen LogP contribution in [0.5, 0.6) is 5.75 Å². The van der Waals surface area contributed by atoms with Crippen LogP contribution in [0.2, 0.25) is 5.02 Å². The summed E-state index contributed by atoms with van der Waals surface area (Å²) in [4.78, 5) is 17.5. The summed E-state index contributed by atoms with van der Waals surface area (Å²) in [6.45, 7) is 5.49. The number of benzene rings is 2. The van der Waals surface area contributed by atoms with Crippen molar-refractivity contribution in [1.29, 1.82) is 0 Å². The van der Waals surface area contributed by atoms with Gasteiger partial charge in [0.05, 0.1) is 16.8 Å². The zero-order chi connectivity index (χ0) is 17.8. The molecule has 25 heavy (non-hydrogen) atoms. The van der Waals surface area contributed by atoms with Crippen LogP contribution in [0.3, 0.4) is 0 Å². The van der Waals surface area contributed by atoms with Crippen LogP contribution < -0.4 is 9.54 Å². The molecular weight excluding hydrogens is 356 g/mol. The van der Waals surface area contributed by atoms with Gasteiger partial charge in [0.1, 0.15) is 5.75 Å². The van der Waals surface area contributed by atoms with Crippen LogP contribution in [0.4, 0.5) is 0 Å². The summed E-state index contributed by atoms with van der Waals surface area (Å²) in [6, 6.07) is 12.8. The Hall–Kier alpha value is -2.11. The van der Waals surface area contributed by atoms with Crippen molar-refractivity contribution in [2.24, 2.45) is 4.99 Å². The minimum absolute atomic E-state index is 0.288. The minimum Gasteiger partial charge on any atom is -0.494 e. The number of fused-ring (bicyclic) bond motifs is 1. The van der Waals surface area contributed by atoms with Gasteiger partial charge in [0.2, 0.25) is 0 Å². The topological polar surface area (TPSA) is 43.6 Å². The summed E-state index contributed by atoms with van der Waals surface area (Å²) in [6.07, 6.45) is 0.956. The van der Waals surface area contributed by atoms with Crippen molar-refractivity contribution < 1.29 is 9.53 Å². The van der Waals surface area contributed by atoms with Crippen LogP contribution in [-0.4, -0.2) is 17.1 Å². The molecule has 4 nitrogen and oxygen atoms in total. The van der Waals surface area contributed by atoms with E-state index in [4.69, 9.17) is 16.3 Å². The fourth-order valence-electron chi connectivity index (χ4n) is 2.61. The number of carbonyl (C=O) groups is 1. The van der Waals surface area contributed by atoms with Gasteiger partial charge in [0, 0.05) is 17.1 Å². The smallest absolute Gasteiger partial charge is 0.279 e. The Labute approximate surface area is 155 Å². The van der Waals surface area contributed by atoms with Crippen molar-refractivity contribution in [2.75, 3.05) is 6.61 Å². The van der Waals surface area contributed by atoms with E-state index in [-0.39, 0.29) is 5.91 Å². The molecule has 0 aliphatic carbocycles. The van der Waals surface area contributed by atoms with E-state index in [1.807, 2.05) is 25.1 Å². The summed E-state index contributed by atoms with van der Waals surface area (Å²) in [7, 11) is 0. The third-order valence-corrected chi connectivity index (χ3v) is 4.96. The first-order chi connectivity index (χ1) is 12.1. The molecule has 1 aromatic heterocycles. The lowest BCUT2D eigenvalue weighted by molar-refractivity contribution is 0.0998. The zero-order valence-corrected chi connectivity index (χ0v) is 15.7. The molecule has 3 rings (SSSR count). The molecule has 0 unspecified atom stereocenters. The Morgan fingerprint density at radius 2 is 2.08 bits per heavy atom. The lowest BCUT2D eigenvalue weighted by Gasteiger charge is -2.05. The Kier molecular flexibility index (Phi) is 5.56. The number of hydrogen-bond donors (Lipinski definition) is 0. The Morgan fingerprint density at radius 1 is 1.24 bits per heavy atom. The second-order valence-corrected chi connectivity index (χ2v) is 6.97. The second kappa shape index (κ2) is 7.85. The van der Waals surface area contributed by atoms with E-state index in [0.29, 0.717) is 22.0 Å². The number of aromatic nitrogens is 1. The van der Waals surface area contributed by atoms with E-state index in [1.165, 1.54) is 11.3 Å². The maximum atomic E-state index is 12.5. The summed E-state index contributed by atoms with van der Waals surface area (Å²) in [5, 5.41) is 0.528. The average molecular weight is 375 g/mol. The number of rotatable bonds is 5. The minimum atomic E-state index is -0.288. The van der Waals surface area contributed by atoms with Crippen LogP contribution in [0.1, 0.15) is 30.6 Å². The van der Waals surface area contributed by atoms with Crippen LogP contribution in [0.15, 0.2) is 47.5 Å². The number of aryl methyl sites for hydroxylation is 1. The largest absolute Gasteiger partial charge is 0.494 e. The van der Waals surface area contributed by atoms with Gasteiger partial charge in [-0.25, -0.2) is 0 Å². The molecule has 0 aliphatic heterocycles. The van der Waals surface area contributed by atoms with Gasteiger partial charge in [0.25, 0.3) is 5.91 Å². The van der Waals surface area contributed by atoms with Gasteiger partial charge in [-0.3, -0.25) is 4.79 Å². The highest BCUT2D eigenvalue weighted by atomic mass is 35.5. The number of carbonyl (C=O) groups excluding carboxylic acids is 1. The van der Waals surface area contributed by atoms with Crippen molar-refractivity contribution in [1.82, 2.24) is 4.57 Å². The van der Waals surface area contributed by atoms with E-state index < -0.39 is 0 Å². The zero-order valence-electron chi connectivity index (χ0n) is 14.2. The standard InChI is InChI=1S/C19H19ClN2O2S/c1-3-10-22-16-9-8-15(24-4-2)12-17(16)25-19(22)21-18(23)13-6-5-7-14(20)11-13/h5-9,11-12H,3-4,10H2,1-2H3. The first kappa shape index (κ1) is 17.7. The molecule has 0 saturated carbocycles. The van der Waals surface area contributed by atoms with Gasteiger partial charge in [0.15, 0.2) is 4.80 Å². The molecular formula is C19H19ClN2O2S. The first-order valence-electron chi connectivity index (χ1n) is 8.23. The lowest BCUT2D eigenvalue weighted by atomic mass is 10.2. The molecule has 0 radical (unpaired) electrons. The predicted octanol–water partition coefficient (Wildman–Crippen LogP) is 4.91. The molecule has 0 fully saturated rings. The number of amides is 1. The van der Waals surface area contributed by atoms with Gasteiger partial charge in [-0.05, 0) is 49.7 Å². The van der Waals surface area contributed by atoms with Crippen molar-refractivity contribution in [3.63, 3.8) is 0 Å². The molecule has 6 heteroatoms. The van der Waals surface area contributed by atoms with E-state index in [1.54, 1.807) is 24.3 Å². The molecule has 3 aromatic rings. The molecule has 2 aromatic carbocycles. The van der Waals surface area contributed by atoms with Crippen LogP contribution in [-0.2, 0) is 6.54 Å². The highest BCUT2D eigenvalue weighted by molar-refractivity contribution is 7.16. The van der Waals surface area contributed by atoms with Crippen molar-refractivity contribution in [3.8, 4) is 5.75 Å². The second-order valence-electron chi connectivity index (χ2n) is 5.53. The van der Waals surface area contributed by atoms with Gasteiger partial charge in [-0.1, -0.05) is 35.9 Å². The lowest BCUT2D eigenvalue weighted by Crippen LogP contribution is -2.16. The van der Waals surface area contributed by atoms with E-state index >= 15 is 0 Å². The highest BCUT2D eigenvalue weighted by Gasteiger charge is 2.10. The molecule has 1 amide bonds. The molecule has 0 atom stereocenters. The molecule has 130 valence electrons. The maximum Gasteiger partial charge on any atom is 0.279 e. The van der Waals surface area contributed by atoms with Crippen molar-refractivity contribution >= 4 is 39.1 Å². The predicted molar refractivity (Wildman–Crippen MR) is 103 cm³/mol. The number of hydrogen-bond acceptors (Lipinski definition) is 3. The van der Waals surface area contributed by atoms with Crippen molar-refractivity contribution in [3.05, 3.63) is 57.9 Å². The Bertz CT molecular complexity index is 975. The van der Waals surface area contributed by atoms with Crippen molar-refractivity contribution in [2.45, 2.75) is 26.8 Å². The first-order valence-corrected chi connectivity index (χ1v) is 9.42. The molecule has 0 aliphatic rings. The van der Waals surface area contributed by atoms with Gasteiger partial charge >= 0.3 is 0 Å². The molecule has 0 N–H and O–H groups in total. The summed E-state index contributed by atoms with van der Waals surface area (Å²) < 4.78 is 8.71. The van der Waals surface area contributed by atoms with E-state index in [2.05, 4.69) is 16.5 Å². The van der Waals surface area contributed by atoms with Gasteiger partial charge in [-0.2, -0.15) is 4.99 Å². The summed E-state index contributed by atoms with van der Waals surface area (Å²) in [5.74, 6) is 0.538. The maximum absolute atomic E-state index is 12.5.